The van der Waals surface area contributed by atoms with E-state index in [-0.39, 0.29) is 6.61 Å². The molecule has 1 amide bonds. The van der Waals surface area contributed by atoms with Gasteiger partial charge in [-0.2, -0.15) is 0 Å². The number of fused-ring (bicyclic) bond motifs is 1. The maximum absolute atomic E-state index is 12.6. The van der Waals surface area contributed by atoms with Gasteiger partial charge in [0, 0.05) is 18.7 Å². The van der Waals surface area contributed by atoms with Gasteiger partial charge in [0.25, 0.3) is 0 Å². The van der Waals surface area contributed by atoms with Crippen molar-refractivity contribution >= 4 is 17.7 Å². The van der Waals surface area contributed by atoms with Gasteiger partial charge in [0.1, 0.15) is 11.6 Å². The van der Waals surface area contributed by atoms with Crippen LogP contribution in [-0.4, -0.2) is 42.4 Å². The Kier molecular flexibility index (Phi) is 4.77. The number of pyridine rings is 1. The van der Waals surface area contributed by atoms with Gasteiger partial charge >= 0.3 is 12.1 Å². The number of methoxy groups -OCH3 is 1. The molecule has 0 aliphatic carbocycles. The average Bonchev–Trinajstić information content (AvgIpc) is 2.84. The van der Waals surface area contributed by atoms with Gasteiger partial charge in [-0.15, -0.1) is 0 Å². The van der Waals surface area contributed by atoms with Crippen LogP contribution in [0.15, 0.2) is 12.3 Å². The Labute approximate surface area is 135 Å². The number of carbonyl (C=O) groups excluding carboxylic acids is 2. The normalized spacial score (nSPS) is 16.7. The molecule has 0 spiro atoms. The molecular formula is C16H22N2O5. The molecule has 1 atom stereocenters. The molecular weight excluding hydrogens is 300 g/mol. The van der Waals surface area contributed by atoms with Crippen LogP contribution in [0.4, 0.5) is 10.5 Å². The summed E-state index contributed by atoms with van der Waals surface area (Å²) in [7, 11) is 1.49. The number of nitrogens with zero attached hydrogens (tertiary/aromatic N) is 2. The van der Waals surface area contributed by atoms with Crippen molar-refractivity contribution in [1.82, 2.24) is 4.98 Å². The van der Waals surface area contributed by atoms with E-state index in [2.05, 4.69) is 4.98 Å². The summed E-state index contributed by atoms with van der Waals surface area (Å²) in [6.45, 7) is 7.29. The van der Waals surface area contributed by atoms with E-state index in [0.717, 1.165) is 5.56 Å². The highest BCUT2D eigenvalue weighted by atomic mass is 16.6. The third-order valence-electron chi connectivity index (χ3n) is 3.28. The first kappa shape index (κ1) is 17.1. The van der Waals surface area contributed by atoms with Crippen molar-refractivity contribution in [2.75, 3.05) is 18.6 Å². The fourth-order valence-electron chi connectivity index (χ4n) is 2.38. The molecule has 7 heteroatoms. The minimum absolute atomic E-state index is 0.245. The summed E-state index contributed by atoms with van der Waals surface area (Å²) in [5, 5.41) is 0. The molecule has 0 radical (unpaired) electrons. The fourth-order valence-corrected chi connectivity index (χ4v) is 2.38. The molecule has 1 aromatic rings. The molecule has 126 valence electrons. The number of anilines is 1. The molecule has 0 saturated carbocycles. The van der Waals surface area contributed by atoms with Crippen LogP contribution >= 0.6 is 0 Å². The Morgan fingerprint density at radius 3 is 2.65 bits per heavy atom. The van der Waals surface area contributed by atoms with E-state index < -0.39 is 23.7 Å². The van der Waals surface area contributed by atoms with E-state index in [1.54, 1.807) is 40.0 Å². The highest BCUT2D eigenvalue weighted by Crippen LogP contribution is 2.35. The number of carbonyl (C=O) groups is 2. The first-order valence-corrected chi connectivity index (χ1v) is 7.48. The van der Waals surface area contributed by atoms with Crippen molar-refractivity contribution in [3.05, 3.63) is 17.8 Å². The monoisotopic (exact) mass is 322 g/mol. The lowest BCUT2D eigenvalue weighted by molar-refractivity contribution is -0.144. The van der Waals surface area contributed by atoms with E-state index in [9.17, 15) is 9.59 Å². The molecule has 1 aromatic heterocycles. The zero-order chi connectivity index (χ0) is 17.2. The Hall–Kier alpha value is -2.31. The molecule has 1 aliphatic heterocycles. The summed E-state index contributed by atoms with van der Waals surface area (Å²) in [6.07, 6.45) is 1.34. The molecule has 1 aliphatic rings. The number of ether oxygens (including phenoxy) is 3. The second kappa shape index (κ2) is 6.44. The number of hydrogen-bond donors (Lipinski definition) is 0. The minimum atomic E-state index is -0.756. The SMILES string of the molecule is CCOC(=O)C1Cc2cnc(OC)cc2N1C(=O)OC(C)(C)C. The maximum atomic E-state index is 12.6. The Morgan fingerprint density at radius 1 is 1.39 bits per heavy atom. The highest BCUT2D eigenvalue weighted by molar-refractivity contribution is 5.99. The Balaban J connectivity index is 2.39. The van der Waals surface area contributed by atoms with Gasteiger partial charge in [-0.25, -0.2) is 14.6 Å². The summed E-state index contributed by atoms with van der Waals surface area (Å²) >= 11 is 0. The number of hydrogen-bond acceptors (Lipinski definition) is 6. The quantitative estimate of drug-likeness (QED) is 0.795. The molecule has 1 unspecified atom stereocenters. The van der Waals surface area contributed by atoms with Crippen LogP contribution in [0.3, 0.4) is 0 Å². The second-order valence-electron chi connectivity index (χ2n) is 6.18. The van der Waals surface area contributed by atoms with Crippen LogP contribution in [0.1, 0.15) is 33.3 Å². The highest BCUT2D eigenvalue weighted by Gasteiger charge is 2.42. The van der Waals surface area contributed by atoms with Gasteiger partial charge in [-0.3, -0.25) is 4.90 Å². The van der Waals surface area contributed by atoms with Gasteiger partial charge in [0.15, 0.2) is 0 Å². The predicted octanol–water partition coefficient (Wildman–Crippen LogP) is 2.32. The van der Waals surface area contributed by atoms with Gasteiger partial charge in [-0.1, -0.05) is 0 Å². The maximum Gasteiger partial charge on any atom is 0.415 e. The summed E-state index contributed by atoms with van der Waals surface area (Å²) < 4.78 is 15.6. The second-order valence-corrected chi connectivity index (χ2v) is 6.18. The van der Waals surface area contributed by atoms with Crippen LogP contribution < -0.4 is 9.64 Å². The van der Waals surface area contributed by atoms with Crippen molar-refractivity contribution in [1.29, 1.82) is 0 Å². The van der Waals surface area contributed by atoms with Gasteiger partial charge in [0.05, 0.1) is 19.4 Å². The summed E-state index contributed by atoms with van der Waals surface area (Å²) in [5.41, 5.74) is 0.662. The van der Waals surface area contributed by atoms with Crippen molar-refractivity contribution in [3.63, 3.8) is 0 Å². The number of aromatic nitrogens is 1. The number of amides is 1. The lowest BCUT2D eigenvalue weighted by atomic mass is 10.1. The zero-order valence-electron chi connectivity index (χ0n) is 14.1. The Bertz CT molecular complexity index is 609. The molecule has 7 nitrogen and oxygen atoms in total. The summed E-state index contributed by atoms with van der Waals surface area (Å²) in [6, 6.07) is 0.868. The number of rotatable bonds is 3. The molecule has 2 rings (SSSR count). The third kappa shape index (κ3) is 3.72. The van der Waals surface area contributed by atoms with Crippen molar-refractivity contribution < 1.29 is 23.8 Å². The largest absolute Gasteiger partial charge is 0.481 e. The first-order chi connectivity index (χ1) is 10.8. The topological polar surface area (TPSA) is 78.0 Å². The molecule has 2 heterocycles. The van der Waals surface area contributed by atoms with Crippen LogP contribution in [0, 0.1) is 0 Å². The standard InChI is InChI=1S/C16H22N2O5/c1-6-22-14(19)12-7-10-9-17-13(21-5)8-11(10)18(12)15(20)23-16(2,3)4/h8-9,12H,6-7H2,1-5H3. The van der Waals surface area contributed by atoms with Gasteiger partial charge in [0.2, 0.25) is 5.88 Å². The van der Waals surface area contributed by atoms with Gasteiger partial charge in [-0.05, 0) is 33.3 Å². The summed E-state index contributed by atoms with van der Waals surface area (Å²) in [5.74, 6) is -0.102. The summed E-state index contributed by atoms with van der Waals surface area (Å²) in [4.78, 5) is 30.2. The zero-order valence-corrected chi connectivity index (χ0v) is 14.1. The molecule has 0 saturated heterocycles. The van der Waals surface area contributed by atoms with E-state index >= 15 is 0 Å². The molecule has 0 aromatic carbocycles. The molecule has 23 heavy (non-hydrogen) atoms. The van der Waals surface area contributed by atoms with Gasteiger partial charge < -0.3 is 14.2 Å². The minimum Gasteiger partial charge on any atom is -0.481 e. The lowest BCUT2D eigenvalue weighted by Crippen LogP contribution is -2.46. The average molecular weight is 322 g/mol. The fraction of sp³-hybridized carbons (Fsp3) is 0.562. The van der Waals surface area contributed by atoms with Crippen molar-refractivity contribution in [2.24, 2.45) is 0 Å². The lowest BCUT2D eigenvalue weighted by Gasteiger charge is -2.28. The third-order valence-corrected chi connectivity index (χ3v) is 3.28. The van der Waals surface area contributed by atoms with E-state index in [4.69, 9.17) is 14.2 Å². The van der Waals surface area contributed by atoms with Crippen molar-refractivity contribution in [2.45, 2.75) is 45.8 Å². The van der Waals surface area contributed by atoms with Crippen LogP contribution in [0.5, 0.6) is 5.88 Å². The smallest absolute Gasteiger partial charge is 0.415 e. The molecule has 0 bridgehead atoms. The van der Waals surface area contributed by atoms with Crippen LogP contribution in [-0.2, 0) is 20.7 Å². The van der Waals surface area contributed by atoms with Crippen LogP contribution in [0.25, 0.3) is 0 Å². The van der Waals surface area contributed by atoms with Crippen molar-refractivity contribution in [3.8, 4) is 5.88 Å². The first-order valence-electron chi connectivity index (χ1n) is 7.48. The molecule has 0 N–H and O–H groups in total. The van der Waals surface area contributed by atoms with Crippen LogP contribution in [0.2, 0.25) is 0 Å². The van der Waals surface area contributed by atoms with E-state index in [1.807, 2.05) is 0 Å². The Morgan fingerprint density at radius 2 is 2.09 bits per heavy atom. The number of esters is 1. The van der Waals surface area contributed by atoms with E-state index in [1.165, 1.54) is 12.0 Å². The molecule has 0 fully saturated rings. The van der Waals surface area contributed by atoms with E-state index in [0.29, 0.717) is 18.0 Å². The predicted molar refractivity (Wildman–Crippen MR) is 83.6 cm³/mol.